The van der Waals surface area contributed by atoms with Crippen molar-refractivity contribution in [3.05, 3.63) is 52.0 Å². The Balaban J connectivity index is 0.00000280. The van der Waals surface area contributed by atoms with Crippen molar-refractivity contribution in [3.8, 4) is 5.69 Å². The van der Waals surface area contributed by atoms with Gasteiger partial charge in [-0.2, -0.15) is 4.33 Å². The van der Waals surface area contributed by atoms with E-state index in [1.807, 2.05) is 36.7 Å². The second-order valence-corrected chi connectivity index (χ2v) is 7.72. The van der Waals surface area contributed by atoms with Crippen LogP contribution in [0.3, 0.4) is 0 Å². The molecule has 0 atom stereocenters. The third kappa shape index (κ3) is 6.62. The maximum atomic E-state index is 10.1. The average Bonchev–Trinajstić information content (AvgIpc) is 3.26. The first kappa shape index (κ1) is 23.5. The van der Waals surface area contributed by atoms with E-state index in [-0.39, 0.29) is 29.6 Å². The van der Waals surface area contributed by atoms with Crippen LogP contribution in [-0.4, -0.2) is 19.6 Å². The molecular formula is C15H14N5NaO3S4. The summed E-state index contributed by atoms with van der Waals surface area (Å²) in [6.45, 7) is 2.37. The molecule has 0 saturated heterocycles. The van der Waals surface area contributed by atoms with Crippen molar-refractivity contribution in [1.29, 1.82) is 0 Å². The molecule has 0 amide bonds. The molecule has 0 unspecified atom stereocenters. The Morgan fingerprint density at radius 2 is 2.25 bits per heavy atom. The number of benzene rings is 1. The van der Waals surface area contributed by atoms with Gasteiger partial charge in [0.1, 0.15) is 0 Å². The molecule has 0 fully saturated rings. The van der Waals surface area contributed by atoms with Gasteiger partial charge < -0.3 is 20.9 Å². The molecule has 0 aliphatic rings. The number of hydrogen-bond donors (Lipinski definition) is 3. The zero-order valence-electron chi connectivity index (χ0n) is 14.9. The molecule has 3 N–H and O–H groups in total. The number of thiocarbonyl (C=S) groups is 1. The van der Waals surface area contributed by atoms with Crippen LogP contribution in [0.4, 0.5) is 5.13 Å². The van der Waals surface area contributed by atoms with Crippen molar-refractivity contribution in [3.63, 3.8) is 0 Å². The van der Waals surface area contributed by atoms with Gasteiger partial charge in [0.2, 0.25) is 0 Å². The molecule has 28 heavy (non-hydrogen) atoms. The Hall–Kier alpha value is -0.800. The third-order valence-corrected chi connectivity index (χ3v) is 5.32. The fourth-order valence-electron chi connectivity index (χ4n) is 2.24. The van der Waals surface area contributed by atoms with Crippen LogP contribution in [0.2, 0.25) is 0 Å². The third-order valence-electron chi connectivity index (χ3n) is 3.33. The van der Waals surface area contributed by atoms with E-state index in [0.717, 1.165) is 34.1 Å². The van der Waals surface area contributed by atoms with E-state index in [1.165, 1.54) is 11.3 Å². The molecule has 142 valence electrons. The molecular weight excluding hydrogens is 449 g/mol. The predicted molar refractivity (Wildman–Crippen MR) is 109 cm³/mol. The van der Waals surface area contributed by atoms with Gasteiger partial charge in [-0.05, 0) is 55.1 Å². The summed E-state index contributed by atoms with van der Waals surface area (Å²) < 4.78 is 6.79. The molecule has 3 aromatic rings. The Labute approximate surface area is 202 Å². The fraction of sp³-hybridized carbons (Fsp3) is 0.133. The number of thiazole rings is 1. The summed E-state index contributed by atoms with van der Waals surface area (Å²) in [6.07, 6.45) is 3.55. The number of imidazole rings is 1. The van der Waals surface area contributed by atoms with Crippen molar-refractivity contribution in [2.75, 3.05) is 5.32 Å². The van der Waals surface area contributed by atoms with Gasteiger partial charge in [-0.25, -0.2) is 4.98 Å². The number of nitrogens with zero attached hydrogens (tertiary/aromatic N) is 2. The average molecular weight is 464 g/mol. The summed E-state index contributed by atoms with van der Waals surface area (Å²) in [4.78, 5) is 7.93. The van der Waals surface area contributed by atoms with Crippen LogP contribution in [0.5, 0.6) is 0 Å². The van der Waals surface area contributed by atoms with Crippen molar-refractivity contribution in [2.45, 2.75) is 18.4 Å². The summed E-state index contributed by atoms with van der Waals surface area (Å²) in [5.74, 6) is 0. The van der Waals surface area contributed by atoms with E-state index < -0.39 is 0 Å². The first-order valence-electron chi connectivity index (χ1n) is 7.55. The van der Waals surface area contributed by atoms with E-state index >= 15 is 0 Å². The van der Waals surface area contributed by atoms with Gasteiger partial charge >= 0.3 is 29.6 Å². The summed E-state index contributed by atoms with van der Waals surface area (Å²) in [5, 5.41) is 22.9. The monoisotopic (exact) mass is 463 g/mol. The number of H-pyrrole nitrogens is 1. The number of rotatable bonds is 7. The van der Waals surface area contributed by atoms with E-state index in [9.17, 15) is 5.26 Å². The Morgan fingerprint density at radius 1 is 1.43 bits per heavy atom. The number of aromatic nitrogens is 3. The molecule has 0 saturated carbocycles. The second-order valence-electron chi connectivity index (χ2n) is 5.29. The van der Waals surface area contributed by atoms with Crippen LogP contribution in [-0.2, 0) is 15.9 Å². The normalized spacial score (nSPS) is 10.4. The molecule has 0 spiro atoms. The van der Waals surface area contributed by atoms with Crippen molar-refractivity contribution in [1.82, 2.24) is 19.9 Å². The number of hydrogen-bond acceptors (Lipinski definition) is 8. The van der Waals surface area contributed by atoms with Crippen LogP contribution in [0.25, 0.3) is 5.69 Å². The molecule has 3 rings (SSSR count). The topological polar surface area (TPSA) is 99.2 Å². The van der Waals surface area contributed by atoms with Crippen LogP contribution < -0.4 is 45.4 Å². The number of nitrogens with one attached hydrogen (secondary N) is 3. The number of anilines is 1. The summed E-state index contributed by atoms with van der Waals surface area (Å²) in [6, 6.07) is 5.63. The Bertz CT molecular complexity index is 990. The predicted octanol–water partition coefficient (Wildman–Crippen LogP) is 0.0210. The first-order chi connectivity index (χ1) is 13.0. The number of aromatic amines is 1. The largest absolute Gasteiger partial charge is 1.00 e. The Morgan fingerprint density at radius 3 is 2.89 bits per heavy atom. The van der Waals surface area contributed by atoms with Gasteiger partial charge in [0.05, 0.1) is 17.7 Å². The second kappa shape index (κ2) is 11.4. The molecule has 0 aliphatic carbocycles. The van der Waals surface area contributed by atoms with Crippen LogP contribution in [0.15, 0.2) is 40.9 Å². The molecule has 0 bridgehead atoms. The van der Waals surface area contributed by atoms with Crippen LogP contribution >= 0.6 is 47.8 Å². The maximum Gasteiger partial charge on any atom is 1.00 e. The van der Waals surface area contributed by atoms with Gasteiger partial charge in [0.25, 0.3) is 0 Å². The van der Waals surface area contributed by atoms with Crippen molar-refractivity contribution < 1.29 is 44.2 Å². The van der Waals surface area contributed by atoms with Crippen molar-refractivity contribution >= 4 is 58.1 Å². The minimum absolute atomic E-state index is 0. The molecule has 13 heteroatoms. The van der Waals surface area contributed by atoms with E-state index in [4.69, 9.17) is 24.4 Å². The summed E-state index contributed by atoms with van der Waals surface area (Å²) in [5.41, 5.74) is 2.66. The van der Waals surface area contributed by atoms with Gasteiger partial charge in [0, 0.05) is 34.9 Å². The van der Waals surface area contributed by atoms with E-state index in [2.05, 4.69) is 30.0 Å². The molecule has 2 heterocycles. The maximum absolute atomic E-state index is 10.1. The molecule has 0 radical (unpaired) electrons. The first-order valence-corrected chi connectivity index (χ1v) is 9.99. The Kier molecular flexibility index (Phi) is 9.56. The summed E-state index contributed by atoms with van der Waals surface area (Å²) >= 11 is 12.9. The molecule has 2 aromatic heterocycles. The fourth-order valence-corrected chi connectivity index (χ4v) is 3.88. The molecule has 0 aliphatic heterocycles. The van der Waals surface area contributed by atoms with E-state index in [0.29, 0.717) is 21.3 Å². The van der Waals surface area contributed by atoms with Gasteiger partial charge in [-0.3, -0.25) is 9.61 Å². The minimum atomic E-state index is 0. The standard InChI is InChI=1S/C15H15N5O3S4.Na/c1-9-8-26-14(18-9)19-13(24)17-7-10-4-11(20-3-2-16-15(20)25)6-12(5-10)27-23-22-21;/h2-6,8,21H,7H2,1H3,(H,16,25)(H2,17,18,19,24);/q;+1/p-1. The van der Waals surface area contributed by atoms with Crippen molar-refractivity contribution in [2.24, 2.45) is 0 Å². The zero-order valence-corrected chi connectivity index (χ0v) is 20.2. The molecule has 8 nitrogen and oxygen atoms in total. The quantitative estimate of drug-likeness (QED) is 0.147. The SMILES string of the molecule is Cc1csc(NC(=S)NCc2cc(SOO[O-])cc(-n3cc[nH]c3=S)c2)n1.[Na+]. The van der Waals surface area contributed by atoms with E-state index in [1.54, 1.807) is 10.8 Å². The molecule has 1 aromatic carbocycles. The zero-order chi connectivity index (χ0) is 19.2. The van der Waals surface area contributed by atoms with Gasteiger partial charge in [0.15, 0.2) is 15.0 Å². The van der Waals surface area contributed by atoms with Gasteiger partial charge in [-0.15, -0.1) is 11.3 Å². The number of aryl methyl sites for hydroxylation is 1. The van der Waals surface area contributed by atoms with Crippen LogP contribution in [0, 0.1) is 11.7 Å². The van der Waals surface area contributed by atoms with Gasteiger partial charge in [-0.1, -0.05) is 0 Å². The smallest absolute Gasteiger partial charge is 0.691 e. The minimum Gasteiger partial charge on any atom is -0.691 e. The summed E-state index contributed by atoms with van der Waals surface area (Å²) in [7, 11) is 0. The van der Waals surface area contributed by atoms with Crippen LogP contribution in [0.1, 0.15) is 11.3 Å².